The van der Waals surface area contributed by atoms with Crippen LogP contribution >= 0.6 is 0 Å². The van der Waals surface area contributed by atoms with Crippen LogP contribution < -0.4 is 11.0 Å². The molecule has 1 heterocycles. The zero-order chi connectivity index (χ0) is 15.4. The summed E-state index contributed by atoms with van der Waals surface area (Å²) < 4.78 is 0. The van der Waals surface area contributed by atoms with Crippen LogP contribution in [0.1, 0.15) is 15.9 Å². The Hall–Kier alpha value is -3.21. The third kappa shape index (κ3) is 2.93. The number of aromatic amines is 1. The summed E-state index contributed by atoms with van der Waals surface area (Å²) in [6.45, 7) is 0. The molecule has 5 heteroatoms. The molecular weight excluding hydrogens is 278 g/mol. The van der Waals surface area contributed by atoms with Crippen molar-refractivity contribution >= 4 is 23.0 Å². The number of hydrazone groups is 1. The van der Waals surface area contributed by atoms with Crippen molar-refractivity contribution in [2.24, 2.45) is 5.10 Å². The largest absolute Gasteiger partial charge is 0.321 e. The van der Waals surface area contributed by atoms with E-state index in [-0.39, 0.29) is 11.5 Å². The standard InChI is InChI=1S/C17H13N3O2/c21-16-14(10-13-8-4-5-9-15(13)19-16)11-18-20-17(22)12-6-2-1-3-7-12/h1-11H,(H,19,21)(H,20,22)/b18-11-. The fourth-order valence-electron chi connectivity index (χ4n) is 2.07. The molecule has 1 aromatic heterocycles. The van der Waals surface area contributed by atoms with Crippen LogP contribution in [0.25, 0.3) is 10.9 Å². The molecule has 22 heavy (non-hydrogen) atoms. The van der Waals surface area contributed by atoms with Gasteiger partial charge in [0.2, 0.25) is 0 Å². The number of pyridine rings is 1. The molecule has 0 aliphatic rings. The minimum Gasteiger partial charge on any atom is -0.321 e. The SMILES string of the molecule is O=C(N/N=C\c1cc2ccccc2[nH]c1=O)c1ccccc1. The minimum absolute atomic E-state index is 0.253. The maximum absolute atomic E-state index is 11.9. The molecule has 0 bridgehead atoms. The summed E-state index contributed by atoms with van der Waals surface area (Å²) in [7, 11) is 0. The summed E-state index contributed by atoms with van der Waals surface area (Å²) in [5.41, 5.74) is 3.80. The fourth-order valence-corrected chi connectivity index (χ4v) is 2.07. The van der Waals surface area contributed by atoms with Gasteiger partial charge in [0.1, 0.15) is 0 Å². The van der Waals surface area contributed by atoms with Gasteiger partial charge in [-0.05, 0) is 29.7 Å². The van der Waals surface area contributed by atoms with Crippen LogP contribution in [-0.2, 0) is 0 Å². The van der Waals surface area contributed by atoms with Crippen LogP contribution in [-0.4, -0.2) is 17.1 Å². The van der Waals surface area contributed by atoms with E-state index in [2.05, 4.69) is 15.5 Å². The second-order valence-electron chi connectivity index (χ2n) is 4.71. The summed E-state index contributed by atoms with van der Waals surface area (Å²) >= 11 is 0. The third-order valence-corrected chi connectivity index (χ3v) is 3.19. The van der Waals surface area contributed by atoms with Gasteiger partial charge < -0.3 is 4.98 Å². The van der Waals surface area contributed by atoms with Gasteiger partial charge in [-0.1, -0.05) is 36.4 Å². The molecular formula is C17H13N3O2. The molecule has 2 aromatic carbocycles. The van der Waals surface area contributed by atoms with Crippen LogP contribution in [0, 0.1) is 0 Å². The number of para-hydroxylation sites is 1. The van der Waals surface area contributed by atoms with Crippen LogP contribution in [0.15, 0.2) is 70.6 Å². The first-order chi connectivity index (χ1) is 10.7. The van der Waals surface area contributed by atoms with E-state index in [1.165, 1.54) is 6.21 Å². The molecule has 0 aliphatic carbocycles. The first kappa shape index (κ1) is 13.8. The molecule has 5 nitrogen and oxygen atoms in total. The van der Waals surface area contributed by atoms with Crippen LogP contribution in [0.3, 0.4) is 0 Å². The van der Waals surface area contributed by atoms with E-state index < -0.39 is 0 Å². The van der Waals surface area contributed by atoms with E-state index in [4.69, 9.17) is 0 Å². The molecule has 108 valence electrons. The predicted molar refractivity (Wildman–Crippen MR) is 86.1 cm³/mol. The van der Waals surface area contributed by atoms with Crippen molar-refractivity contribution in [3.8, 4) is 0 Å². The number of amides is 1. The van der Waals surface area contributed by atoms with E-state index in [0.29, 0.717) is 11.1 Å². The lowest BCUT2D eigenvalue weighted by Crippen LogP contribution is -2.19. The number of rotatable bonds is 3. The summed E-state index contributed by atoms with van der Waals surface area (Å²) in [5.74, 6) is -0.325. The predicted octanol–water partition coefficient (Wildman–Crippen LogP) is 2.29. The Morgan fingerprint density at radius 2 is 1.77 bits per heavy atom. The van der Waals surface area contributed by atoms with E-state index >= 15 is 0 Å². The Morgan fingerprint density at radius 1 is 1.05 bits per heavy atom. The summed E-state index contributed by atoms with van der Waals surface area (Å²) in [6, 6.07) is 17.9. The number of benzene rings is 2. The van der Waals surface area contributed by atoms with Crippen molar-refractivity contribution < 1.29 is 4.79 Å². The maximum Gasteiger partial charge on any atom is 0.271 e. The van der Waals surface area contributed by atoms with E-state index in [1.807, 2.05) is 30.3 Å². The molecule has 0 aliphatic heterocycles. The van der Waals surface area contributed by atoms with E-state index in [0.717, 1.165) is 10.9 Å². The Bertz CT molecular complexity index is 898. The number of nitrogens with zero attached hydrogens (tertiary/aromatic N) is 1. The Kier molecular flexibility index (Phi) is 3.78. The highest BCUT2D eigenvalue weighted by molar-refractivity contribution is 5.95. The minimum atomic E-state index is -0.325. The number of hydrogen-bond donors (Lipinski definition) is 2. The molecule has 3 aromatic rings. The van der Waals surface area contributed by atoms with Crippen molar-refractivity contribution in [1.29, 1.82) is 0 Å². The summed E-state index contributed by atoms with van der Waals surface area (Å²) in [6.07, 6.45) is 1.34. The van der Waals surface area contributed by atoms with Crippen LogP contribution in [0.2, 0.25) is 0 Å². The van der Waals surface area contributed by atoms with Gasteiger partial charge in [0.05, 0.1) is 11.8 Å². The molecule has 0 fully saturated rings. The smallest absolute Gasteiger partial charge is 0.271 e. The Balaban J connectivity index is 1.80. The third-order valence-electron chi connectivity index (χ3n) is 3.19. The van der Waals surface area contributed by atoms with Gasteiger partial charge in [0.25, 0.3) is 11.5 Å². The number of carbonyl (C=O) groups excluding carboxylic acids is 1. The lowest BCUT2D eigenvalue weighted by molar-refractivity contribution is 0.0955. The lowest BCUT2D eigenvalue weighted by Gasteiger charge is -2.00. The second-order valence-corrected chi connectivity index (χ2v) is 4.71. The summed E-state index contributed by atoms with van der Waals surface area (Å²) in [5, 5.41) is 4.74. The van der Waals surface area contributed by atoms with Gasteiger partial charge in [-0.2, -0.15) is 5.10 Å². The molecule has 0 unspecified atom stereocenters. The monoisotopic (exact) mass is 291 g/mol. The normalized spacial score (nSPS) is 10.9. The van der Waals surface area contributed by atoms with Gasteiger partial charge in [0.15, 0.2) is 0 Å². The first-order valence-corrected chi connectivity index (χ1v) is 6.74. The highest BCUT2D eigenvalue weighted by Crippen LogP contribution is 2.08. The highest BCUT2D eigenvalue weighted by atomic mass is 16.2. The van der Waals surface area contributed by atoms with Gasteiger partial charge in [-0.25, -0.2) is 5.43 Å². The zero-order valence-electron chi connectivity index (χ0n) is 11.6. The Morgan fingerprint density at radius 3 is 2.59 bits per heavy atom. The van der Waals surface area contributed by atoms with Crippen molar-refractivity contribution in [3.05, 3.63) is 82.1 Å². The molecule has 3 rings (SSSR count). The average Bonchev–Trinajstić information content (AvgIpc) is 2.56. The summed E-state index contributed by atoms with van der Waals surface area (Å²) in [4.78, 5) is 26.5. The molecule has 0 radical (unpaired) electrons. The van der Waals surface area contributed by atoms with Crippen LogP contribution in [0.4, 0.5) is 0 Å². The molecule has 2 N–H and O–H groups in total. The number of aromatic nitrogens is 1. The quantitative estimate of drug-likeness (QED) is 0.574. The zero-order valence-corrected chi connectivity index (χ0v) is 11.6. The lowest BCUT2D eigenvalue weighted by atomic mass is 10.2. The van der Waals surface area contributed by atoms with Crippen molar-refractivity contribution in [2.75, 3.05) is 0 Å². The molecule has 0 spiro atoms. The molecule has 1 amide bonds. The van der Waals surface area contributed by atoms with Crippen molar-refractivity contribution in [3.63, 3.8) is 0 Å². The van der Waals surface area contributed by atoms with Gasteiger partial charge >= 0.3 is 0 Å². The fraction of sp³-hybridized carbons (Fsp3) is 0. The van der Waals surface area contributed by atoms with E-state index in [1.54, 1.807) is 30.3 Å². The van der Waals surface area contributed by atoms with Crippen molar-refractivity contribution in [1.82, 2.24) is 10.4 Å². The van der Waals surface area contributed by atoms with Gasteiger partial charge in [-0.3, -0.25) is 9.59 Å². The van der Waals surface area contributed by atoms with Crippen molar-refractivity contribution in [2.45, 2.75) is 0 Å². The number of fused-ring (bicyclic) bond motifs is 1. The number of carbonyl (C=O) groups is 1. The maximum atomic E-state index is 11.9. The molecule has 0 atom stereocenters. The highest BCUT2D eigenvalue weighted by Gasteiger charge is 2.03. The number of nitrogens with one attached hydrogen (secondary N) is 2. The molecule has 0 saturated heterocycles. The average molecular weight is 291 g/mol. The van der Waals surface area contributed by atoms with Gasteiger partial charge in [-0.15, -0.1) is 0 Å². The topological polar surface area (TPSA) is 74.3 Å². The molecule has 0 saturated carbocycles. The number of hydrogen-bond acceptors (Lipinski definition) is 3. The second kappa shape index (κ2) is 6.05. The van der Waals surface area contributed by atoms with Gasteiger partial charge in [0, 0.05) is 11.1 Å². The van der Waals surface area contributed by atoms with E-state index in [9.17, 15) is 9.59 Å². The first-order valence-electron chi connectivity index (χ1n) is 6.74. The number of H-pyrrole nitrogens is 1. The van der Waals surface area contributed by atoms with Crippen LogP contribution in [0.5, 0.6) is 0 Å². The Labute approximate surface area is 126 Å².